The van der Waals surface area contributed by atoms with Crippen molar-refractivity contribution in [3.05, 3.63) is 18.5 Å². The lowest BCUT2D eigenvalue weighted by Crippen LogP contribution is -2.47. The Morgan fingerprint density at radius 2 is 2.21 bits per heavy atom. The highest BCUT2D eigenvalue weighted by Crippen LogP contribution is 2.19. The van der Waals surface area contributed by atoms with Gasteiger partial charge in [0.2, 0.25) is 11.9 Å². The van der Waals surface area contributed by atoms with E-state index in [-0.39, 0.29) is 11.9 Å². The third-order valence-corrected chi connectivity index (χ3v) is 4.85. The van der Waals surface area contributed by atoms with E-state index in [1.165, 1.54) is 0 Å². The minimum Gasteiger partial charge on any atom is -0.354 e. The van der Waals surface area contributed by atoms with Crippen molar-refractivity contribution in [3.8, 4) is 0 Å². The highest BCUT2D eigenvalue weighted by molar-refractivity contribution is 5.82. The van der Waals surface area contributed by atoms with E-state index in [1.54, 1.807) is 12.4 Å². The molecule has 2 saturated heterocycles. The number of carbonyl (C=O) groups is 1. The zero-order chi connectivity index (χ0) is 16.8. The summed E-state index contributed by atoms with van der Waals surface area (Å²) in [6.45, 7) is 4.78. The van der Waals surface area contributed by atoms with Crippen molar-refractivity contribution in [2.24, 2.45) is 5.92 Å². The van der Waals surface area contributed by atoms with E-state index in [2.05, 4.69) is 38.0 Å². The molecule has 0 aliphatic carbocycles. The lowest BCUT2D eigenvalue weighted by atomic mass is 9.98. The number of rotatable bonds is 6. The Morgan fingerprint density at radius 1 is 1.38 bits per heavy atom. The topological polar surface area (TPSA) is 82.2 Å². The normalized spacial score (nSPS) is 27.2. The molecule has 0 spiro atoms. The molecule has 3 heterocycles. The Labute approximate surface area is 143 Å². The molecule has 1 aromatic rings. The number of anilines is 1. The summed E-state index contributed by atoms with van der Waals surface area (Å²) in [5, 5.41) is 3.12. The Morgan fingerprint density at radius 3 is 3.00 bits per heavy atom. The van der Waals surface area contributed by atoms with Crippen LogP contribution in [0.1, 0.15) is 39.0 Å². The van der Waals surface area contributed by atoms with Gasteiger partial charge in [-0.05, 0) is 37.7 Å². The molecule has 3 N–H and O–H groups in total. The maximum Gasteiger partial charge on any atom is 0.238 e. The molecule has 2 fully saturated rings. The number of nitrogens with one attached hydrogen (secondary N) is 3. The molecule has 24 heavy (non-hydrogen) atoms. The van der Waals surface area contributed by atoms with Crippen molar-refractivity contribution in [2.75, 3.05) is 24.5 Å². The minimum absolute atomic E-state index is 0.106. The summed E-state index contributed by atoms with van der Waals surface area (Å²) < 4.78 is 0. The molecule has 7 heteroatoms. The fourth-order valence-electron chi connectivity index (χ4n) is 3.57. The van der Waals surface area contributed by atoms with Gasteiger partial charge in [0, 0.05) is 38.1 Å². The van der Waals surface area contributed by atoms with Gasteiger partial charge >= 0.3 is 0 Å². The van der Waals surface area contributed by atoms with Crippen molar-refractivity contribution >= 4 is 11.9 Å². The number of aromatic nitrogens is 2. The molecule has 3 unspecified atom stereocenters. The monoisotopic (exact) mass is 332 g/mol. The van der Waals surface area contributed by atoms with Crippen molar-refractivity contribution in [1.29, 1.82) is 0 Å². The standard InChI is InChI=1S/C17H28N6O/c1-2-5-14-10-15(22-21-14)16(24)20-11-13-6-3-9-23(12-13)17-18-7-4-8-19-17/h4,7-8,13-15,21-22H,2-3,5-6,9-12H2,1H3,(H,20,24). The first kappa shape index (κ1) is 17.1. The van der Waals surface area contributed by atoms with Crippen molar-refractivity contribution < 1.29 is 4.79 Å². The summed E-state index contributed by atoms with van der Waals surface area (Å²) in [5.41, 5.74) is 6.34. The smallest absolute Gasteiger partial charge is 0.238 e. The lowest BCUT2D eigenvalue weighted by Gasteiger charge is -2.32. The van der Waals surface area contributed by atoms with E-state index >= 15 is 0 Å². The molecule has 7 nitrogen and oxygen atoms in total. The molecule has 3 atom stereocenters. The molecular weight excluding hydrogens is 304 g/mol. The number of nitrogens with zero attached hydrogens (tertiary/aromatic N) is 3. The molecule has 3 rings (SSSR count). The van der Waals surface area contributed by atoms with Crippen LogP contribution in [0.25, 0.3) is 0 Å². The first-order valence-corrected chi connectivity index (χ1v) is 9.07. The molecule has 1 aromatic heterocycles. The van der Waals surface area contributed by atoms with Crippen LogP contribution in [0.3, 0.4) is 0 Å². The van der Waals surface area contributed by atoms with E-state index in [4.69, 9.17) is 0 Å². The molecule has 0 aromatic carbocycles. The molecule has 0 saturated carbocycles. The second-order valence-corrected chi connectivity index (χ2v) is 6.81. The summed E-state index contributed by atoms with van der Waals surface area (Å²) in [7, 11) is 0. The third kappa shape index (κ3) is 4.42. The highest BCUT2D eigenvalue weighted by atomic mass is 16.2. The molecular formula is C17H28N6O. The van der Waals surface area contributed by atoms with Gasteiger partial charge in [0.05, 0.1) is 0 Å². The van der Waals surface area contributed by atoms with E-state index in [0.29, 0.717) is 12.0 Å². The fraction of sp³-hybridized carbons (Fsp3) is 0.706. The number of piperidine rings is 1. The van der Waals surface area contributed by atoms with E-state index in [0.717, 1.165) is 57.7 Å². The first-order chi connectivity index (χ1) is 11.8. The minimum atomic E-state index is -0.112. The van der Waals surface area contributed by atoms with Gasteiger partial charge in [-0.3, -0.25) is 10.2 Å². The number of hydrogen-bond acceptors (Lipinski definition) is 6. The van der Waals surface area contributed by atoms with Gasteiger partial charge in [0.25, 0.3) is 0 Å². The Kier molecular flexibility index (Phi) is 5.98. The maximum atomic E-state index is 12.3. The van der Waals surface area contributed by atoms with Crippen LogP contribution in [-0.2, 0) is 4.79 Å². The van der Waals surface area contributed by atoms with Crippen LogP contribution in [0.15, 0.2) is 18.5 Å². The molecule has 132 valence electrons. The molecule has 2 aliphatic heterocycles. The summed E-state index contributed by atoms with van der Waals surface area (Å²) in [4.78, 5) is 23.2. The number of hydrogen-bond donors (Lipinski definition) is 3. The quantitative estimate of drug-likeness (QED) is 0.716. The van der Waals surface area contributed by atoms with Gasteiger partial charge in [-0.2, -0.15) is 0 Å². The van der Waals surface area contributed by atoms with Gasteiger partial charge in [-0.15, -0.1) is 0 Å². The summed E-state index contributed by atoms with van der Waals surface area (Å²) >= 11 is 0. The van der Waals surface area contributed by atoms with E-state index in [9.17, 15) is 4.79 Å². The third-order valence-electron chi connectivity index (χ3n) is 4.85. The van der Waals surface area contributed by atoms with Gasteiger partial charge in [0.15, 0.2) is 0 Å². The summed E-state index contributed by atoms with van der Waals surface area (Å²) in [6.07, 6.45) is 8.91. The van der Waals surface area contributed by atoms with Crippen molar-refractivity contribution in [3.63, 3.8) is 0 Å². The van der Waals surface area contributed by atoms with E-state index < -0.39 is 0 Å². The van der Waals surface area contributed by atoms with Gasteiger partial charge < -0.3 is 10.2 Å². The average molecular weight is 332 g/mol. The Hall–Kier alpha value is -1.73. The molecule has 1 amide bonds. The second-order valence-electron chi connectivity index (χ2n) is 6.81. The predicted octanol–water partition coefficient (Wildman–Crippen LogP) is 0.844. The van der Waals surface area contributed by atoms with Crippen LogP contribution >= 0.6 is 0 Å². The van der Waals surface area contributed by atoms with Crippen molar-refractivity contribution in [1.82, 2.24) is 26.1 Å². The van der Waals surface area contributed by atoms with Gasteiger partial charge in [-0.1, -0.05) is 13.3 Å². The zero-order valence-electron chi connectivity index (χ0n) is 14.4. The molecule has 0 bridgehead atoms. The maximum absolute atomic E-state index is 12.3. The van der Waals surface area contributed by atoms with Crippen LogP contribution in [0.4, 0.5) is 5.95 Å². The predicted molar refractivity (Wildman–Crippen MR) is 93.4 cm³/mol. The Balaban J connectivity index is 1.44. The molecule has 2 aliphatic rings. The Bertz CT molecular complexity index is 525. The van der Waals surface area contributed by atoms with Gasteiger partial charge in [0.1, 0.15) is 6.04 Å². The largest absolute Gasteiger partial charge is 0.354 e. The lowest BCUT2D eigenvalue weighted by molar-refractivity contribution is -0.123. The van der Waals surface area contributed by atoms with Crippen LogP contribution in [0.2, 0.25) is 0 Å². The van der Waals surface area contributed by atoms with Crippen LogP contribution in [-0.4, -0.2) is 47.6 Å². The highest BCUT2D eigenvalue weighted by Gasteiger charge is 2.29. The van der Waals surface area contributed by atoms with Crippen LogP contribution in [0.5, 0.6) is 0 Å². The van der Waals surface area contributed by atoms with Gasteiger partial charge in [-0.25, -0.2) is 15.4 Å². The number of hydrazine groups is 1. The zero-order valence-corrected chi connectivity index (χ0v) is 14.4. The fourth-order valence-corrected chi connectivity index (χ4v) is 3.57. The second kappa shape index (κ2) is 8.39. The number of carbonyl (C=O) groups excluding carboxylic acids is 1. The number of amides is 1. The van der Waals surface area contributed by atoms with Crippen molar-refractivity contribution in [2.45, 2.75) is 51.1 Å². The SMILES string of the molecule is CCCC1CC(C(=O)NCC2CCCN(c3ncccn3)C2)NN1. The average Bonchev–Trinajstić information content (AvgIpc) is 3.10. The van der Waals surface area contributed by atoms with Crippen LogP contribution < -0.4 is 21.1 Å². The summed E-state index contributed by atoms with van der Waals surface area (Å²) in [5.74, 6) is 1.35. The van der Waals surface area contributed by atoms with E-state index in [1.807, 2.05) is 6.07 Å². The van der Waals surface area contributed by atoms with Crippen LogP contribution in [0, 0.1) is 5.92 Å². The molecule has 0 radical (unpaired) electrons. The summed E-state index contributed by atoms with van der Waals surface area (Å²) in [6, 6.07) is 2.13. The first-order valence-electron chi connectivity index (χ1n) is 9.07.